The minimum absolute atomic E-state index is 0.0933. The number of amides is 1. The highest BCUT2D eigenvalue weighted by atomic mass is 32.1. The predicted molar refractivity (Wildman–Crippen MR) is 107 cm³/mol. The number of nitrogens with zero attached hydrogens (tertiary/aromatic N) is 4. The molecule has 2 aromatic heterocycles. The number of hydrogen-bond acceptors (Lipinski definition) is 5. The first-order valence-corrected chi connectivity index (χ1v) is 11.0. The number of piperidine rings is 3. The summed E-state index contributed by atoms with van der Waals surface area (Å²) >= 11 is 1.64. The molecule has 5 rings (SSSR count). The molecule has 3 saturated heterocycles. The topological polar surface area (TPSA) is 49.3 Å². The highest BCUT2D eigenvalue weighted by Crippen LogP contribution is 2.33. The third-order valence-electron chi connectivity index (χ3n) is 5.92. The molecule has 0 aromatic carbocycles. The molecule has 6 heteroatoms. The lowest BCUT2D eigenvalue weighted by molar-refractivity contribution is -0.142. The minimum atomic E-state index is 0.0933. The van der Waals surface area contributed by atoms with E-state index in [1.54, 1.807) is 11.3 Å². The number of fused-ring (bicyclic) bond motifs is 3. The van der Waals surface area contributed by atoms with E-state index in [0.29, 0.717) is 12.5 Å². The van der Waals surface area contributed by atoms with Crippen LogP contribution >= 0.6 is 11.3 Å². The Kier molecular flexibility index (Phi) is 6.14. The van der Waals surface area contributed by atoms with Gasteiger partial charge in [0, 0.05) is 30.5 Å². The molecule has 27 heavy (non-hydrogen) atoms. The Morgan fingerprint density at radius 2 is 2.15 bits per heavy atom. The monoisotopic (exact) mass is 384 g/mol. The van der Waals surface area contributed by atoms with Crippen molar-refractivity contribution in [1.82, 2.24) is 19.8 Å². The predicted octanol–water partition coefficient (Wildman–Crippen LogP) is 3.37. The number of carbonyl (C=O) groups excluding carboxylic acids is 1. The SMILES string of the molecule is O=C(C1CC2CCN1CC2)N(CCCCc1cccnc1)Cc1nccs1. The van der Waals surface area contributed by atoms with Crippen LogP contribution in [0.3, 0.4) is 0 Å². The van der Waals surface area contributed by atoms with E-state index in [9.17, 15) is 4.79 Å². The summed E-state index contributed by atoms with van der Waals surface area (Å²) in [6.07, 6.45) is 12.3. The highest BCUT2D eigenvalue weighted by molar-refractivity contribution is 7.09. The van der Waals surface area contributed by atoms with Gasteiger partial charge >= 0.3 is 0 Å². The van der Waals surface area contributed by atoms with Crippen molar-refractivity contribution >= 4 is 17.2 Å². The van der Waals surface area contributed by atoms with Crippen LogP contribution in [0.2, 0.25) is 0 Å². The number of carbonyl (C=O) groups is 1. The molecular weight excluding hydrogens is 356 g/mol. The standard InChI is InChI=1S/C21H28N4OS/c26-21(19-14-17-6-11-24(19)12-7-17)25(16-20-23-9-13-27-20)10-2-1-4-18-5-3-8-22-15-18/h3,5,8-9,13,15,17,19H,1-2,4,6-7,10-12,14,16H2. The third kappa shape index (κ3) is 4.74. The maximum atomic E-state index is 13.3. The van der Waals surface area contributed by atoms with Gasteiger partial charge in [0.05, 0.1) is 12.6 Å². The molecule has 0 N–H and O–H groups in total. The van der Waals surface area contributed by atoms with Crippen LogP contribution in [0, 0.1) is 5.92 Å². The van der Waals surface area contributed by atoms with Crippen LogP contribution in [0.1, 0.15) is 42.7 Å². The van der Waals surface area contributed by atoms with Gasteiger partial charge in [-0.25, -0.2) is 4.98 Å². The number of pyridine rings is 1. The minimum Gasteiger partial charge on any atom is -0.335 e. The van der Waals surface area contributed by atoms with Gasteiger partial charge in [-0.15, -0.1) is 11.3 Å². The summed E-state index contributed by atoms with van der Waals surface area (Å²) in [5.41, 5.74) is 1.27. The molecule has 0 saturated carbocycles. The summed E-state index contributed by atoms with van der Waals surface area (Å²) in [7, 11) is 0. The van der Waals surface area contributed by atoms with Crippen LogP contribution in [0.4, 0.5) is 0 Å². The Morgan fingerprint density at radius 1 is 1.26 bits per heavy atom. The Bertz CT molecular complexity index is 713. The molecule has 1 amide bonds. The number of thiazole rings is 1. The average Bonchev–Trinajstić information content (AvgIpc) is 3.24. The molecule has 3 aliphatic heterocycles. The van der Waals surface area contributed by atoms with Crippen LogP contribution < -0.4 is 0 Å². The summed E-state index contributed by atoms with van der Waals surface area (Å²) in [6, 6.07) is 4.20. The first-order chi connectivity index (χ1) is 13.3. The van der Waals surface area contributed by atoms with Crippen molar-refractivity contribution in [3.8, 4) is 0 Å². The van der Waals surface area contributed by atoms with Crippen molar-refractivity contribution in [3.05, 3.63) is 46.7 Å². The average molecular weight is 385 g/mol. The fourth-order valence-corrected chi connectivity index (χ4v) is 5.00. The maximum Gasteiger partial charge on any atom is 0.240 e. The molecule has 0 radical (unpaired) electrons. The van der Waals surface area contributed by atoms with Gasteiger partial charge in [-0.2, -0.15) is 0 Å². The number of hydrogen-bond donors (Lipinski definition) is 0. The zero-order valence-corrected chi connectivity index (χ0v) is 16.6. The van der Waals surface area contributed by atoms with E-state index >= 15 is 0 Å². The summed E-state index contributed by atoms with van der Waals surface area (Å²) in [5, 5.41) is 3.03. The van der Waals surface area contributed by atoms with Gasteiger partial charge in [0.25, 0.3) is 0 Å². The smallest absolute Gasteiger partial charge is 0.240 e. The van der Waals surface area contributed by atoms with Crippen LogP contribution in [0.5, 0.6) is 0 Å². The molecule has 1 unspecified atom stereocenters. The lowest BCUT2D eigenvalue weighted by Gasteiger charge is -2.45. The molecule has 2 aromatic rings. The van der Waals surface area contributed by atoms with Crippen molar-refractivity contribution in [1.29, 1.82) is 0 Å². The molecular formula is C21H28N4OS. The Balaban J connectivity index is 1.35. The van der Waals surface area contributed by atoms with E-state index in [4.69, 9.17) is 0 Å². The van der Waals surface area contributed by atoms with Crippen molar-refractivity contribution in [2.45, 2.75) is 51.1 Å². The lowest BCUT2D eigenvalue weighted by Crippen LogP contribution is -2.56. The zero-order valence-electron chi connectivity index (χ0n) is 15.8. The Hall–Kier alpha value is -1.79. The highest BCUT2D eigenvalue weighted by Gasteiger charge is 2.39. The summed E-state index contributed by atoms with van der Waals surface area (Å²) in [6.45, 7) is 3.65. The summed E-state index contributed by atoms with van der Waals surface area (Å²) in [4.78, 5) is 26.4. The van der Waals surface area contributed by atoms with Gasteiger partial charge in [-0.3, -0.25) is 14.7 Å². The number of unbranched alkanes of at least 4 members (excludes halogenated alkanes) is 1. The normalized spacial score (nSPS) is 24.1. The summed E-state index contributed by atoms with van der Waals surface area (Å²) in [5.74, 6) is 1.06. The van der Waals surface area contributed by atoms with E-state index in [-0.39, 0.29) is 6.04 Å². The zero-order chi connectivity index (χ0) is 18.5. The van der Waals surface area contributed by atoms with E-state index in [2.05, 4.69) is 25.8 Å². The first kappa shape index (κ1) is 18.6. The molecule has 5 nitrogen and oxygen atoms in total. The lowest BCUT2D eigenvalue weighted by atomic mass is 9.83. The molecule has 144 valence electrons. The van der Waals surface area contributed by atoms with Gasteiger partial charge < -0.3 is 4.90 Å². The third-order valence-corrected chi connectivity index (χ3v) is 6.68. The van der Waals surface area contributed by atoms with Gasteiger partial charge in [0.1, 0.15) is 5.01 Å². The van der Waals surface area contributed by atoms with Crippen molar-refractivity contribution in [2.75, 3.05) is 19.6 Å². The van der Waals surface area contributed by atoms with Gasteiger partial charge in [-0.05, 0) is 69.2 Å². The number of aryl methyl sites for hydroxylation is 1. The maximum absolute atomic E-state index is 13.3. The largest absolute Gasteiger partial charge is 0.335 e. The fourth-order valence-electron chi connectivity index (χ4n) is 4.37. The van der Waals surface area contributed by atoms with Crippen molar-refractivity contribution in [2.24, 2.45) is 5.92 Å². The number of aromatic nitrogens is 2. The Morgan fingerprint density at radius 3 is 2.81 bits per heavy atom. The van der Waals surface area contributed by atoms with Gasteiger partial charge in [0.2, 0.25) is 5.91 Å². The molecule has 3 fully saturated rings. The van der Waals surface area contributed by atoms with E-state index in [1.807, 2.05) is 30.0 Å². The summed E-state index contributed by atoms with van der Waals surface area (Å²) < 4.78 is 0. The Labute approximate surface area is 165 Å². The van der Waals surface area contributed by atoms with Crippen LogP contribution in [-0.2, 0) is 17.8 Å². The van der Waals surface area contributed by atoms with Gasteiger partial charge in [0.15, 0.2) is 0 Å². The molecule has 3 aliphatic rings. The fraction of sp³-hybridized carbons (Fsp3) is 0.571. The number of rotatable bonds is 8. The van der Waals surface area contributed by atoms with E-state index < -0.39 is 0 Å². The van der Waals surface area contributed by atoms with Gasteiger partial charge in [-0.1, -0.05) is 6.07 Å². The van der Waals surface area contributed by atoms with Crippen molar-refractivity contribution < 1.29 is 4.79 Å². The van der Waals surface area contributed by atoms with Crippen LogP contribution in [-0.4, -0.2) is 51.4 Å². The second kappa shape index (κ2) is 8.93. The van der Waals surface area contributed by atoms with Crippen molar-refractivity contribution in [3.63, 3.8) is 0 Å². The molecule has 2 bridgehead atoms. The quantitative estimate of drug-likeness (QED) is 0.655. The van der Waals surface area contributed by atoms with Crippen LogP contribution in [0.25, 0.3) is 0 Å². The molecule has 0 spiro atoms. The molecule has 1 atom stereocenters. The van der Waals surface area contributed by atoms with E-state index in [1.165, 1.54) is 18.4 Å². The molecule has 0 aliphatic carbocycles. The van der Waals surface area contributed by atoms with Crippen LogP contribution in [0.15, 0.2) is 36.1 Å². The molecule has 5 heterocycles. The van der Waals surface area contributed by atoms with E-state index in [0.717, 1.165) is 56.2 Å². The first-order valence-electron chi connectivity index (χ1n) is 10.1. The second-order valence-electron chi connectivity index (χ2n) is 7.73. The second-order valence-corrected chi connectivity index (χ2v) is 8.71.